The molecular formula is C6H9NO3. The van der Waals surface area contributed by atoms with Crippen molar-refractivity contribution < 1.29 is 14.3 Å². The Kier molecular flexibility index (Phi) is 4.25. The maximum Gasteiger partial charge on any atom is 0.304 e. The molecule has 1 atom stereocenters. The van der Waals surface area contributed by atoms with Gasteiger partial charge in [0.15, 0.2) is 0 Å². The highest BCUT2D eigenvalue weighted by molar-refractivity contribution is 5.66. The summed E-state index contributed by atoms with van der Waals surface area (Å²) in [6.07, 6.45) is -0.775. The van der Waals surface area contributed by atoms with Crippen LogP contribution in [0.2, 0.25) is 0 Å². The zero-order valence-corrected chi connectivity index (χ0v) is 5.96. The highest BCUT2D eigenvalue weighted by Crippen LogP contribution is 1.90. The number of hydrogen-bond donors (Lipinski definition) is 0. The van der Waals surface area contributed by atoms with E-state index < -0.39 is 12.1 Å². The molecule has 0 saturated heterocycles. The molecule has 0 aliphatic heterocycles. The van der Waals surface area contributed by atoms with Gasteiger partial charge in [0, 0.05) is 14.0 Å². The fourth-order valence-corrected chi connectivity index (χ4v) is 0.449. The predicted octanol–water partition coefficient (Wildman–Crippen LogP) is 0.0881. The Morgan fingerprint density at radius 2 is 2.40 bits per heavy atom. The number of nitrogens with zero attached hydrogens (tertiary/aromatic N) is 1. The molecule has 4 nitrogen and oxygen atoms in total. The van der Waals surface area contributed by atoms with Gasteiger partial charge in [0.1, 0.15) is 6.07 Å². The lowest BCUT2D eigenvalue weighted by Gasteiger charge is -2.06. The van der Waals surface area contributed by atoms with Crippen LogP contribution in [0, 0.1) is 11.3 Å². The number of esters is 1. The standard InChI is InChI=1S/C6H9NO3/c1-5(8)10-6(3-7)4-9-2/h6H,4H2,1-2H3. The van der Waals surface area contributed by atoms with Crippen molar-refractivity contribution in [3.05, 3.63) is 0 Å². The molecule has 0 spiro atoms. The minimum absolute atomic E-state index is 0.121. The van der Waals surface area contributed by atoms with Gasteiger partial charge in [-0.2, -0.15) is 5.26 Å². The van der Waals surface area contributed by atoms with Crippen molar-refractivity contribution in [2.75, 3.05) is 13.7 Å². The van der Waals surface area contributed by atoms with E-state index in [1.165, 1.54) is 14.0 Å². The first kappa shape index (κ1) is 8.92. The van der Waals surface area contributed by atoms with Gasteiger partial charge in [-0.1, -0.05) is 0 Å². The summed E-state index contributed by atoms with van der Waals surface area (Å²) >= 11 is 0. The van der Waals surface area contributed by atoms with Crippen LogP contribution in [0.15, 0.2) is 0 Å². The van der Waals surface area contributed by atoms with Crippen LogP contribution in [-0.2, 0) is 14.3 Å². The second-order valence-electron chi connectivity index (χ2n) is 1.68. The van der Waals surface area contributed by atoms with E-state index in [0.717, 1.165) is 0 Å². The Labute approximate surface area is 59.3 Å². The summed E-state index contributed by atoms with van der Waals surface area (Å²) in [6.45, 7) is 1.37. The summed E-state index contributed by atoms with van der Waals surface area (Å²) in [4.78, 5) is 10.3. The summed E-state index contributed by atoms with van der Waals surface area (Å²) in [5, 5.41) is 8.30. The van der Waals surface area contributed by atoms with Crippen LogP contribution in [0.1, 0.15) is 6.92 Å². The van der Waals surface area contributed by atoms with Gasteiger partial charge in [-0.05, 0) is 0 Å². The van der Waals surface area contributed by atoms with E-state index >= 15 is 0 Å². The van der Waals surface area contributed by atoms with Crippen molar-refractivity contribution in [1.82, 2.24) is 0 Å². The summed E-state index contributed by atoms with van der Waals surface area (Å²) in [5.74, 6) is -0.469. The highest BCUT2D eigenvalue weighted by Gasteiger charge is 2.08. The lowest BCUT2D eigenvalue weighted by atomic mass is 10.4. The Bertz CT molecular complexity index is 150. The molecule has 4 heteroatoms. The van der Waals surface area contributed by atoms with Crippen LogP contribution in [-0.4, -0.2) is 25.8 Å². The fraction of sp³-hybridized carbons (Fsp3) is 0.667. The third kappa shape index (κ3) is 3.87. The Hall–Kier alpha value is -1.08. The van der Waals surface area contributed by atoms with Crippen LogP contribution in [0.3, 0.4) is 0 Å². The van der Waals surface area contributed by atoms with Crippen molar-refractivity contribution in [2.24, 2.45) is 0 Å². The van der Waals surface area contributed by atoms with Gasteiger partial charge in [0.05, 0.1) is 6.61 Å². The topological polar surface area (TPSA) is 59.3 Å². The lowest BCUT2D eigenvalue weighted by molar-refractivity contribution is -0.145. The first-order valence-electron chi connectivity index (χ1n) is 2.76. The largest absolute Gasteiger partial charge is 0.445 e. The highest BCUT2D eigenvalue weighted by atomic mass is 16.6. The average Bonchev–Trinajstić information content (AvgIpc) is 1.86. The Morgan fingerprint density at radius 3 is 2.70 bits per heavy atom. The number of rotatable bonds is 3. The number of hydrogen-bond acceptors (Lipinski definition) is 4. The smallest absolute Gasteiger partial charge is 0.304 e. The SMILES string of the molecule is COCC(C#N)OC(C)=O. The van der Waals surface area contributed by atoms with Gasteiger partial charge < -0.3 is 9.47 Å². The van der Waals surface area contributed by atoms with Crippen molar-refractivity contribution in [3.8, 4) is 6.07 Å². The summed E-state index contributed by atoms with van der Waals surface area (Å²) in [7, 11) is 1.44. The van der Waals surface area contributed by atoms with E-state index in [4.69, 9.17) is 5.26 Å². The third-order valence-electron chi connectivity index (χ3n) is 0.770. The first-order valence-corrected chi connectivity index (χ1v) is 2.76. The maximum absolute atomic E-state index is 10.3. The fourth-order valence-electron chi connectivity index (χ4n) is 0.449. The molecule has 0 aliphatic rings. The van der Waals surface area contributed by atoms with Crippen LogP contribution in [0.4, 0.5) is 0 Å². The van der Waals surface area contributed by atoms with E-state index in [1.807, 2.05) is 0 Å². The molecule has 0 N–H and O–H groups in total. The maximum atomic E-state index is 10.3. The molecule has 0 bridgehead atoms. The van der Waals surface area contributed by atoms with Gasteiger partial charge in [-0.25, -0.2) is 0 Å². The number of carbonyl (C=O) groups is 1. The normalized spacial score (nSPS) is 11.7. The molecule has 10 heavy (non-hydrogen) atoms. The van der Waals surface area contributed by atoms with Gasteiger partial charge in [0.25, 0.3) is 0 Å². The molecule has 0 heterocycles. The minimum atomic E-state index is -0.775. The number of methoxy groups -OCH3 is 1. The Balaban J connectivity index is 3.63. The van der Waals surface area contributed by atoms with Crippen molar-refractivity contribution in [3.63, 3.8) is 0 Å². The lowest BCUT2D eigenvalue weighted by Crippen LogP contribution is -2.19. The summed E-state index contributed by atoms with van der Waals surface area (Å²) in [5.41, 5.74) is 0. The second kappa shape index (κ2) is 4.77. The monoisotopic (exact) mass is 143 g/mol. The molecule has 0 aromatic rings. The number of carbonyl (C=O) groups excluding carboxylic acids is 1. The zero-order chi connectivity index (χ0) is 7.98. The van der Waals surface area contributed by atoms with E-state index in [0.29, 0.717) is 0 Å². The molecule has 0 fully saturated rings. The molecule has 56 valence electrons. The molecule has 0 aromatic carbocycles. The quantitative estimate of drug-likeness (QED) is 0.525. The molecule has 0 aromatic heterocycles. The molecule has 0 saturated carbocycles. The molecular weight excluding hydrogens is 134 g/mol. The van der Waals surface area contributed by atoms with Crippen LogP contribution >= 0.6 is 0 Å². The summed E-state index contributed by atoms with van der Waals surface area (Å²) in [6, 6.07) is 1.77. The van der Waals surface area contributed by atoms with Crippen molar-refractivity contribution in [1.29, 1.82) is 5.26 Å². The molecule has 0 aliphatic carbocycles. The predicted molar refractivity (Wildman–Crippen MR) is 33.0 cm³/mol. The summed E-state index contributed by atoms with van der Waals surface area (Å²) < 4.78 is 9.11. The average molecular weight is 143 g/mol. The van der Waals surface area contributed by atoms with E-state index in [1.54, 1.807) is 6.07 Å². The van der Waals surface area contributed by atoms with E-state index in [2.05, 4.69) is 9.47 Å². The number of ether oxygens (including phenoxy) is 2. The van der Waals surface area contributed by atoms with Crippen LogP contribution in [0.25, 0.3) is 0 Å². The van der Waals surface area contributed by atoms with Crippen LogP contribution in [0.5, 0.6) is 0 Å². The van der Waals surface area contributed by atoms with E-state index in [9.17, 15) is 4.79 Å². The minimum Gasteiger partial charge on any atom is -0.445 e. The molecule has 1 unspecified atom stereocenters. The second-order valence-corrected chi connectivity index (χ2v) is 1.68. The number of nitriles is 1. The van der Waals surface area contributed by atoms with Crippen LogP contribution < -0.4 is 0 Å². The Morgan fingerprint density at radius 1 is 1.80 bits per heavy atom. The van der Waals surface area contributed by atoms with Gasteiger partial charge in [-0.15, -0.1) is 0 Å². The first-order chi connectivity index (χ1) is 4.70. The van der Waals surface area contributed by atoms with E-state index in [-0.39, 0.29) is 6.61 Å². The van der Waals surface area contributed by atoms with Crippen molar-refractivity contribution in [2.45, 2.75) is 13.0 Å². The van der Waals surface area contributed by atoms with Gasteiger partial charge >= 0.3 is 5.97 Å². The van der Waals surface area contributed by atoms with Crippen molar-refractivity contribution >= 4 is 5.97 Å². The molecule has 0 rings (SSSR count). The molecule has 0 amide bonds. The zero-order valence-electron chi connectivity index (χ0n) is 5.96. The van der Waals surface area contributed by atoms with Gasteiger partial charge in [-0.3, -0.25) is 4.79 Å². The third-order valence-corrected chi connectivity index (χ3v) is 0.770. The molecule has 0 radical (unpaired) electrons. The van der Waals surface area contributed by atoms with Gasteiger partial charge in [0.2, 0.25) is 6.10 Å².